The molecular weight excluding hydrogens is 464 g/mol. The predicted octanol–water partition coefficient (Wildman–Crippen LogP) is 4.55. The molecular formula is C30H40N4O3. The van der Waals surface area contributed by atoms with E-state index in [1.165, 1.54) is 0 Å². The third-order valence-electron chi connectivity index (χ3n) is 8.25. The van der Waals surface area contributed by atoms with Gasteiger partial charge in [-0.3, -0.25) is 19.5 Å². The first-order valence-corrected chi connectivity index (χ1v) is 14.0. The van der Waals surface area contributed by atoms with Crippen LogP contribution in [0.15, 0.2) is 48.7 Å². The fourth-order valence-electron chi connectivity index (χ4n) is 6.30. The molecule has 1 aromatic heterocycles. The lowest BCUT2D eigenvalue weighted by molar-refractivity contribution is -0.137. The van der Waals surface area contributed by atoms with Gasteiger partial charge in [0.15, 0.2) is 0 Å². The van der Waals surface area contributed by atoms with E-state index in [9.17, 15) is 9.59 Å². The summed E-state index contributed by atoms with van der Waals surface area (Å²) in [7, 11) is 0. The highest BCUT2D eigenvalue weighted by molar-refractivity contribution is 5.92. The number of nitrogens with zero attached hydrogens (tertiary/aromatic N) is 4. The lowest BCUT2D eigenvalue weighted by atomic mass is 9.92. The van der Waals surface area contributed by atoms with Crippen molar-refractivity contribution < 1.29 is 14.3 Å². The summed E-state index contributed by atoms with van der Waals surface area (Å²) in [6.45, 7) is 5.02. The molecule has 5 rings (SSSR count). The van der Waals surface area contributed by atoms with Gasteiger partial charge in [-0.15, -0.1) is 0 Å². The Labute approximate surface area is 220 Å². The van der Waals surface area contributed by atoms with Gasteiger partial charge in [0.1, 0.15) is 0 Å². The van der Waals surface area contributed by atoms with Crippen LogP contribution in [0.4, 0.5) is 5.69 Å². The lowest BCUT2D eigenvalue weighted by Gasteiger charge is -2.44. The summed E-state index contributed by atoms with van der Waals surface area (Å²) < 4.78 is 5.94. The molecule has 37 heavy (non-hydrogen) atoms. The second-order valence-corrected chi connectivity index (χ2v) is 10.8. The molecule has 7 nitrogen and oxygen atoms in total. The van der Waals surface area contributed by atoms with E-state index in [-0.39, 0.29) is 24.0 Å². The molecule has 2 aromatic rings. The van der Waals surface area contributed by atoms with Crippen molar-refractivity contribution in [2.45, 2.75) is 89.6 Å². The highest BCUT2D eigenvalue weighted by atomic mass is 16.5. The maximum Gasteiger partial charge on any atom is 0.225 e. The highest BCUT2D eigenvalue weighted by Crippen LogP contribution is 2.32. The minimum absolute atomic E-state index is 0.00659. The maximum atomic E-state index is 13.8. The Balaban J connectivity index is 1.48. The Morgan fingerprint density at radius 1 is 0.973 bits per heavy atom. The number of fused-ring (bicyclic) bond motifs is 3. The molecule has 0 spiro atoms. The van der Waals surface area contributed by atoms with Gasteiger partial charge in [0.2, 0.25) is 11.8 Å². The number of amides is 2. The standard InChI is InChI=1S/C30H40N4O3/c1-23(35)33-17-15-26-11-8-12-27(34(26)21-25-10-4-6-16-31-25)22-32(20-24-9-2-3-14-29(24)33)30(36)19-28-13-5-7-18-37-28/h2-4,6,9-10,14,16,26-28H,5,7-8,11-13,15,17-22H2,1H3. The van der Waals surface area contributed by atoms with Gasteiger partial charge in [-0.1, -0.05) is 30.7 Å². The maximum absolute atomic E-state index is 13.8. The van der Waals surface area contributed by atoms with Crippen molar-refractivity contribution in [2.24, 2.45) is 0 Å². The second-order valence-electron chi connectivity index (χ2n) is 10.8. The number of carbonyl (C=O) groups excluding carboxylic acids is 2. The summed E-state index contributed by atoms with van der Waals surface area (Å²) in [6.07, 6.45) is 9.63. The smallest absolute Gasteiger partial charge is 0.225 e. The molecule has 2 bridgehead atoms. The molecule has 2 amide bonds. The summed E-state index contributed by atoms with van der Waals surface area (Å²) >= 11 is 0. The van der Waals surface area contributed by atoms with Crippen molar-refractivity contribution in [3.63, 3.8) is 0 Å². The van der Waals surface area contributed by atoms with Crippen molar-refractivity contribution in [1.82, 2.24) is 14.8 Å². The number of para-hydroxylation sites is 1. The predicted molar refractivity (Wildman–Crippen MR) is 144 cm³/mol. The normalized spacial score (nSPS) is 25.2. The number of piperidine rings is 1. The first kappa shape index (κ1) is 25.9. The fraction of sp³-hybridized carbons (Fsp3) is 0.567. The van der Waals surface area contributed by atoms with Crippen LogP contribution in [0.3, 0.4) is 0 Å². The summed E-state index contributed by atoms with van der Waals surface area (Å²) in [4.78, 5) is 37.8. The van der Waals surface area contributed by atoms with Gasteiger partial charge < -0.3 is 14.5 Å². The molecule has 2 fully saturated rings. The van der Waals surface area contributed by atoms with E-state index in [4.69, 9.17) is 4.74 Å². The third kappa shape index (κ3) is 6.39. The van der Waals surface area contributed by atoms with Crippen molar-refractivity contribution in [3.8, 4) is 0 Å². The zero-order valence-corrected chi connectivity index (χ0v) is 22.1. The van der Waals surface area contributed by atoms with Gasteiger partial charge in [0, 0.05) is 63.7 Å². The molecule has 0 radical (unpaired) electrons. The zero-order chi connectivity index (χ0) is 25.6. The van der Waals surface area contributed by atoms with Gasteiger partial charge in [-0.2, -0.15) is 0 Å². The van der Waals surface area contributed by atoms with Crippen LogP contribution in [0, 0.1) is 0 Å². The Kier molecular flexibility index (Phi) is 8.52. The minimum atomic E-state index is 0.00659. The quantitative estimate of drug-likeness (QED) is 0.611. The third-order valence-corrected chi connectivity index (χ3v) is 8.25. The summed E-state index contributed by atoms with van der Waals surface area (Å²) in [5.41, 5.74) is 3.01. The number of pyridine rings is 1. The fourth-order valence-corrected chi connectivity index (χ4v) is 6.30. The average Bonchev–Trinajstić information content (AvgIpc) is 2.92. The molecule has 3 aliphatic rings. The number of carbonyl (C=O) groups is 2. The molecule has 3 aliphatic heterocycles. The van der Waals surface area contributed by atoms with Crippen molar-refractivity contribution in [2.75, 3.05) is 24.6 Å². The molecule has 4 heterocycles. The molecule has 0 aliphatic carbocycles. The largest absolute Gasteiger partial charge is 0.378 e. The number of hydrogen-bond donors (Lipinski definition) is 0. The van der Waals surface area contributed by atoms with Crippen molar-refractivity contribution in [1.29, 1.82) is 0 Å². The van der Waals surface area contributed by atoms with Gasteiger partial charge in [-0.25, -0.2) is 0 Å². The molecule has 3 unspecified atom stereocenters. The van der Waals surface area contributed by atoms with Crippen LogP contribution in [-0.2, 0) is 27.4 Å². The number of benzene rings is 1. The van der Waals surface area contributed by atoms with Crippen LogP contribution in [0.25, 0.3) is 0 Å². The SMILES string of the molecule is CC(=O)N1CCC2CCCC(CN(C(=O)CC3CCCCO3)Cc3ccccc31)N2Cc1ccccn1. The topological polar surface area (TPSA) is 66.0 Å². The average molecular weight is 505 g/mol. The number of rotatable bonds is 4. The first-order valence-electron chi connectivity index (χ1n) is 14.0. The number of hydrogen-bond acceptors (Lipinski definition) is 5. The Morgan fingerprint density at radius 2 is 1.81 bits per heavy atom. The van der Waals surface area contributed by atoms with Gasteiger partial charge in [0.25, 0.3) is 0 Å². The Bertz CT molecular complexity index is 1060. The monoisotopic (exact) mass is 504 g/mol. The lowest BCUT2D eigenvalue weighted by Crippen LogP contribution is -2.52. The molecule has 0 saturated carbocycles. The van der Waals surface area contributed by atoms with Crippen LogP contribution >= 0.6 is 0 Å². The van der Waals surface area contributed by atoms with Crippen LogP contribution in [0.1, 0.15) is 69.5 Å². The number of ether oxygens (including phenoxy) is 1. The molecule has 1 aromatic carbocycles. The second kappa shape index (κ2) is 12.2. The molecule has 7 heteroatoms. The summed E-state index contributed by atoms with van der Waals surface area (Å²) in [5.74, 6) is 0.194. The molecule has 2 saturated heterocycles. The summed E-state index contributed by atoms with van der Waals surface area (Å²) in [5, 5.41) is 0. The van der Waals surface area contributed by atoms with Crippen molar-refractivity contribution in [3.05, 3.63) is 59.9 Å². The highest BCUT2D eigenvalue weighted by Gasteiger charge is 2.35. The van der Waals surface area contributed by atoms with E-state index in [0.29, 0.717) is 32.1 Å². The van der Waals surface area contributed by atoms with Crippen LogP contribution < -0.4 is 4.90 Å². The van der Waals surface area contributed by atoms with Gasteiger partial charge in [-0.05, 0) is 62.3 Å². The van der Waals surface area contributed by atoms with E-state index < -0.39 is 0 Å². The van der Waals surface area contributed by atoms with Crippen LogP contribution in [0.2, 0.25) is 0 Å². The van der Waals surface area contributed by atoms with E-state index in [2.05, 4.69) is 22.0 Å². The summed E-state index contributed by atoms with van der Waals surface area (Å²) in [6, 6.07) is 14.8. The van der Waals surface area contributed by atoms with Crippen LogP contribution in [-0.4, -0.2) is 64.5 Å². The Hall–Kier alpha value is -2.77. The molecule has 3 atom stereocenters. The number of aromatic nitrogens is 1. The van der Waals surface area contributed by atoms with E-state index in [1.807, 2.05) is 46.3 Å². The first-order chi connectivity index (χ1) is 18.1. The Morgan fingerprint density at radius 3 is 2.59 bits per heavy atom. The van der Waals surface area contributed by atoms with E-state index in [0.717, 1.165) is 75.0 Å². The van der Waals surface area contributed by atoms with Crippen molar-refractivity contribution >= 4 is 17.5 Å². The van der Waals surface area contributed by atoms with Gasteiger partial charge in [0.05, 0.1) is 18.2 Å². The van der Waals surface area contributed by atoms with Crippen LogP contribution in [0.5, 0.6) is 0 Å². The molecule has 198 valence electrons. The van der Waals surface area contributed by atoms with E-state index >= 15 is 0 Å². The zero-order valence-electron chi connectivity index (χ0n) is 22.1. The molecule has 0 N–H and O–H groups in total. The number of anilines is 1. The minimum Gasteiger partial charge on any atom is -0.378 e. The van der Waals surface area contributed by atoms with E-state index in [1.54, 1.807) is 6.92 Å². The van der Waals surface area contributed by atoms with Gasteiger partial charge >= 0.3 is 0 Å².